The van der Waals surface area contributed by atoms with Crippen molar-refractivity contribution in [3.05, 3.63) is 85.3 Å². The normalized spacial score (nSPS) is 14.0. The Morgan fingerprint density at radius 3 is 2.59 bits per heavy atom. The van der Waals surface area contributed by atoms with Crippen molar-refractivity contribution in [2.45, 2.75) is 25.9 Å². The second kappa shape index (κ2) is 8.15. The van der Waals surface area contributed by atoms with Crippen LogP contribution in [0.4, 0.5) is 0 Å². The summed E-state index contributed by atoms with van der Waals surface area (Å²) >= 11 is 0. The van der Waals surface area contributed by atoms with Crippen LogP contribution in [0.3, 0.4) is 0 Å². The van der Waals surface area contributed by atoms with Gasteiger partial charge in [-0.1, -0.05) is 18.2 Å². The monoisotopic (exact) mass is 450 g/mol. The first-order chi connectivity index (χ1) is 16.7. The molecule has 0 radical (unpaired) electrons. The maximum Gasteiger partial charge on any atom is 0.275 e. The minimum absolute atomic E-state index is 0.330. The number of nitrogens with one attached hydrogen (secondary N) is 1. The van der Waals surface area contributed by atoms with Crippen LogP contribution >= 0.6 is 0 Å². The Morgan fingerprint density at radius 2 is 1.71 bits per heavy atom. The topological polar surface area (TPSA) is 86.7 Å². The van der Waals surface area contributed by atoms with Crippen LogP contribution < -0.4 is 5.32 Å². The van der Waals surface area contributed by atoms with Crippen molar-refractivity contribution in [1.82, 2.24) is 29.0 Å². The number of unbranched alkanes of at least 4 members (excludes halogenated alkanes) is 1. The van der Waals surface area contributed by atoms with Crippen molar-refractivity contribution in [3.8, 4) is 0 Å². The van der Waals surface area contributed by atoms with Crippen molar-refractivity contribution < 1.29 is 9.59 Å². The van der Waals surface area contributed by atoms with Crippen LogP contribution in [0.1, 0.15) is 18.4 Å². The number of aryl methyl sites for hydroxylation is 2. The third kappa shape index (κ3) is 3.31. The van der Waals surface area contributed by atoms with Gasteiger partial charge in [0.2, 0.25) is 0 Å². The Labute approximate surface area is 195 Å². The largest absolute Gasteiger partial charge is 0.347 e. The van der Waals surface area contributed by atoms with E-state index in [-0.39, 0.29) is 5.91 Å². The van der Waals surface area contributed by atoms with Gasteiger partial charge in [-0.05, 0) is 37.1 Å². The van der Waals surface area contributed by atoms with Gasteiger partial charge in [0.15, 0.2) is 0 Å². The average Bonchev–Trinajstić information content (AvgIpc) is 3.63. The maximum absolute atomic E-state index is 13.0. The fraction of sp³-hybridized carbons (Fsp3) is 0.154. The molecule has 0 fully saturated rings. The van der Waals surface area contributed by atoms with Crippen molar-refractivity contribution in [2.24, 2.45) is 0 Å². The lowest BCUT2D eigenvalue weighted by atomic mass is 10.0. The second-order valence-electron chi connectivity index (χ2n) is 8.36. The predicted octanol–water partition coefficient (Wildman–Crippen LogP) is 3.69. The number of benzene rings is 1. The zero-order chi connectivity index (χ0) is 23.1. The van der Waals surface area contributed by atoms with E-state index in [2.05, 4.69) is 30.5 Å². The van der Waals surface area contributed by atoms with Crippen LogP contribution in [0.2, 0.25) is 0 Å². The van der Waals surface area contributed by atoms with Gasteiger partial charge in [0.25, 0.3) is 11.8 Å². The van der Waals surface area contributed by atoms with E-state index in [1.54, 1.807) is 23.2 Å². The number of rotatable bonds is 7. The number of fused-ring (bicyclic) bond motifs is 2. The SMILES string of the molecule is O=C1NC(=O)C(n2ccc3ncccc32)=C1c1cn(CCCCn2ccnc2)c2ccccc12. The third-order valence-corrected chi connectivity index (χ3v) is 6.29. The predicted molar refractivity (Wildman–Crippen MR) is 129 cm³/mol. The molecule has 0 saturated carbocycles. The highest BCUT2D eigenvalue weighted by molar-refractivity contribution is 6.47. The molecular weight excluding hydrogens is 428 g/mol. The smallest absolute Gasteiger partial charge is 0.275 e. The summed E-state index contributed by atoms with van der Waals surface area (Å²) < 4.78 is 6.00. The summed E-state index contributed by atoms with van der Waals surface area (Å²) in [5, 5.41) is 3.45. The lowest BCUT2D eigenvalue weighted by molar-refractivity contribution is -0.122. The van der Waals surface area contributed by atoms with E-state index in [1.807, 2.05) is 55.1 Å². The van der Waals surface area contributed by atoms with Crippen LogP contribution in [0.5, 0.6) is 0 Å². The van der Waals surface area contributed by atoms with E-state index in [0.717, 1.165) is 53.4 Å². The summed E-state index contributed by atoms with van der Waals surface area (Å²) in [5.41, 5.74) is 4.06. The van der Waals surface area contributed by atoms with Crippen molar-refractivity contribution in [2.75, 3.05) is 0 Å². The minimum Gasteiger partial charge on any atom is -0.347 e. The number of imidazole rings is 1. The van der Waals surface area contributed by atoms with E-state index in [9.17, 15) is 9.59 Å². The molecule has 168 valence electrons. The fourth-order valence-electron chi connectivity index (χ4n) is 4.71. The van der Waals surface area contributed by atoms with E-state index in [4.69, 9.17) is 0 Å². The number of hydrogen-bond donors (Lipinski definition) is 1. The lowest BCUT2D eigenvalue weighted by Gasteiger charge is -2.07. The molecule has 5 aromatic rings. The van der Waals surface area contributed by atoms with E-state index >= 15 is 0 Å². The summed E-state index contributed by atoms with van der Waals surface area (Å²) in [5.74, 6) is -0.785. The average molecular weight is 451 g/mol. The third-order valence-electron chi connectivity index (χ3n) is 6.29. The molecule has 8 heteroatoms. The van der Waals surface area contributed by atoms with Crippen LogP contribution in [0.25, 0.3) is 33.2 Å². The molecule has 1 N–H and O–H groups in total. The van der Waals surface area contributed by atoms with Crippen molar-refractivity contribution in [3.63, 3.8) is 0 Å². The minimum atomic E-state index is -0.404. The zero-order valence-electron chi connectivity index (χ0n) is 18.4. The molecule has 8 nitrogen and oxygen atoms in total. The first-order valence-corrected chi connectivity index (χ1v) is 11.3. The first kappa shape index (κ1) is 20.2. The molecule has 1 aromatic carbocycles. The van der Waals surface area contributed by atoms with E-state index < -0.39 is 5.91 Å². The standard InChI is InChI=1S/C26H22N6O2/c33-25-23(24(26(34)29-25)32-14-9-20-22(32)8-5-10-28-20)19-16-31(21-7-2-1-6-18(19)21)13-4-3-12-30-15-11-27-17-30/h1-2,5-11,14-17H,3-4,12-13H2,(H,29,33,34). The molecule has 1 aliphatic heterocycles. The quantitative estimate of drug-likeness (QED) is 0.303. The first-order valence-electron chi connectivity index (χ1n) is 11.3. The summed E-state index contributed by atoms with van der Waals surface area (Å²) in [7, 11) is 0. The molecule has 4 aromatic heterocycles. The number of imide groups is 1. The second-order valence-corrected chi connectivity index (χ2v) is 8.36. The number of hydrogen-bond acceptors (Lipinski definition) is 4. The van der Waals surface area contributed by atoms with Crippen LogP contribution in [0, 0.1) is 0 Å². The lowest BCUT2D eigenvalue weighted by Crippen LogP contribution is -2.23. The molecule has 6 rings (SSSR count). The van der Waals surface area contributed by atoms with E-state index in [1.165, 1.54) is 0 Å². The summed E-state index contributed by atoms with van der Waals surface area (Å²) in [6.45, 7) is 1.72. The number of carbonyl (C=O) groups excluding carboxylic acids is 2. The Morgan fingerprint density at radius 1 is 0.853 bits per heavy atom. The maximum atomic E-state index is 13.0. The van der Waals surface area contributed by atoms with Crippen molar-refractivity contribution >= 4 is 45.0 Å². The fourth-order valence-corrected chi connectivity index (χ4v) is 4.71. The molecule has 5 heterocycles. The molecule has 34 heavy (non-hydrogen) atoms. The summed E-state index contributed by atoms with van der Waals surface area (Å²) in [4.78, 5) is 34.4. The zero-order valence-corrected chi connectivity index (χ0v) is 18.4. The van der Waals surface area contributed by atoms with Crippen LogP contribution in [0.15, 0.2) is 79.8 Å². The molecule has 0 aliphatic carbocycles. The Balaban J connectivity index is 1.42. The van der Waals surface area contributed by atoms with Gasteiger partial charge in [-0.25, -0.2) is 4.98 Å². The number of amides is 2. The van der Waals surface area contributed by atoms with Crippen LogP contribution in [-0.2, 0) is 22.7 Å². The molecular formula is C26H22N6O2. The highest BCUT2D eigenvalue weighted by Crippen LogP contribution is 2.35. The van der Waals surface area contributed by atoms with Gasteiger partial charge in [-0.3, -0.25) is 19.9 Å². The van der Waals surface area contributed by atoms with Gasteiger partial charge < -0.3 is 13.7 Å². The Bertz CT molecular complexity index is 1570. The number of pyridine rings is 1. The van der Waals surface area contributed by atoms with Gasteiger partial charge in [0.1, 0.15) is 5.70 Å². The number of aromatic nitrogens is 5. The van der Waals surface area contributed by atoms with Gasteiger partial charge in [-0.15, -0.1) is 0 Å². The molecule has 0 spiro atoms. The van der Waals surface area contributed by atoms with Gasteiger partial charge in [0.05, 0.1) is 22.9 Å². The number of para-hydroxylation sites is 1. The highest BCUT2D eigenvalue weighted by atomic mass is 16.2. The van der Waals surface area contributed by atoms with Gasteiger partial charge in [-0.2, -0.15) is 0 Å². The number of carbonyl (C=O) groups is 2. The highest BCUT2D eigenvalue weighted by Gasteiger charge is 2.34. The Kier molecular flexibility index (Phi) is 4.83. The number of nitrogens with zero attached hydrogens (tertiary/aromatic N) is 5. The molecule has 0 atom stereocenters. The summed E-state index contributed by atoms with van der Waals surface area (Å²) in [6.07, 6.45) is 13.1. The molecule has 0 bridgehead atoms. The molecule has 1 aliphatic rings. The summed E-state index contributed by atoms with van der Waals surface area (Å²) in [6, 6.07) is 13.6. The van der Waals surface area contributed by atoms with Crippen molar-refractivity contribution in [1.29, 1.82) is 0 Å². The van der Waals surface area contributed by atoms with Gasteiger partial charge >= 0.3 is 0 Å². The van der Waals surface area contributed by atoms with E-state index in [0.29, 0.717) is 11.3 Å². The Hall–Kier alpha value is -4.46. The van der Waals surface area contributed by atoms with Crippen LogP contribution in [-0.4, -0.2) is 35.5 Å². The molecule has 0 unspecified atom stereocenters. The molecule has 2 amide bonds. The molecule has 0 saturated heterocycles. The van der Waals surface area contributed by atoms with Gasteiger partial charge in [0, 0.05) is 60.5 Å².